The lowest BCUT2D eigenvalue weighted by Gasteiger charge is -2.20. The van der Waals surface area contributed by atoms with Gasteiger partial charge in [-0.05, 0) is 12.3 Å². The van der Waals surface area contributed by atoms with E-state index >= 15 is 0 Å². The number of nitrogens with two attached hydrogens (primary N) is 1. The fourth-order valence-electron chi connectivity index (χ4n) is 2.68. The third-order valence-electron chi connectivity index (χ3n) is 3.90. The molecule has 0 saturated carbocycles. The van der Waals surface area contributed by atoms with Crippen LogP contribution in [0.25, 0.3) is 11.3 Å². The molecule has 1 aromatic heterocycles. The van der Waals surface area contributed by atoms with Crippen LogP contribution in [0.2, 0.25) is 0 Å². The summed E-state index contributed by atoms with van der Waals surface area (Å²) >= 11 is 0. The van der Waals surface area contributed by atoms with Gasteiger partial charge < -0.3 is 10.3 Å². The van der Waals surface area contributed by atoms with Crippen LogP contribution in [-0.2, 0) is 13.0 Å². The van der Waals surface area contributed by atoms with Crippen molar-refractivity contribution in [1.29, 1.82) is 0 Å². The Morgan fingerprint density at radius 1 is 1.30 bits per heavy atom. The maximum Gasteiger partial charge on any atom is 0.263 e. The molecule has 1 unspecified atom stereocenters. The van der Waals surface area contributed by atoms with E-state index in [1.807, 2.05) is 4.57 Å². The van der Waals surface area contributed by atoms with Crippen molar-refractivity contribution in [3.8, 4) is 11.3 Å². The number of hydrogen-bond acceptors (Lipinski definition) is 2. The number of benzene rings is 1. The van der Waals surface area contributed by atoms with E-state index in [9.17, 15) is 8.78 Å². The lowest BCUT2D eigenvalue weighted by Crippen LogP contribution is -2.18. The average Bonchev–Trinajstić information content (AvgIpc) is 2.75. The van der Waals surface area contributed by atoms with Gasteiger partial charge >= 0.3 is 0 Å². The number of halogens is 2. The first-order valence-electron chi connectivity index (χ1n) is 6.79. The highest BCUT2D eigenvalue weighted by atomic mass is 19.3. The van der Waals surface area contributed by atoms with Crippen molar-refractivity contribution in [3.05, 3.63) is 35.7 Å². The third kappa shape index (κ3) is 2.17. The van der Waals surface area contributed by atoms with E-state index in [0.717, 1.165) is 30.8 Å². The van der Waals surface area contributed by atoms with Gasteiger partial charge in [-0.2, -0.15) is 0 Å². The van der Waals surface area contributed by atoms with Crippen molar-refractivity contribution in [1.82, 2.24) is 9.55 Å². The third-order valence-corrected chi connectivity index (χ3v) is 3.90. The number of rotatable bonds is 2. The molecular formula is C15H17F2N3. The minimum atomic E-state index is -2.45. The minimum absolute atomic E-state index is 0.0184. The largest absolute Gasteiger partial charge is 0.383 e. The zero-order valence-electron chi connectivity index (χ0n) is 11.3. The van der Waals surface area contributed by atoms with E-state index in [-0.39, 0.29) is 5.56 Å². The summed E-state index contributed by atoms with van der Waals surface area (Å²) < 4.78 is 27.2. The highest BCUT2D eigenvalue weighted by Crippen LogP contribution is 2.32. The Hall–Kier alpha value is -1.91. The lowest BCUT2D eigenvalue weighted by molar-refractivity contribution is 0.151. The van der Waals surface area contributed by atoms with Crippen LogP contribution in [0.1, 0.15) is 31.2 Å². The van der Waals surface area contributed by atoms with E-state index in [4.69, 9.17) is 5.73 Å². The molecule has 3 rings (SSSR count). The number of anilines is 1. The first kappa shape index (κ1) is 13.1. The molecule has 5 heteroatoms. The number of nitrogen functional groups attached to an aromatic ring is 1. The zero-order chi connectivity index (χ0) is 14.3. The molecule has 1 aliphatic rings. The fourth-order valence-corrected chi connectivity index (χ4v) is 2.68. The number of fused-ring (bicyclic) bond motifs is 1. The van der Waals surface area contributed by atoms with Gasteiger partial charge in [-0.1, -0.05) is 31.2 Å². The highest BCUT2D eigenvalue weighted by Gasteiger charge is 2.22. The Morgan fingerprint density at radius 3 is 2.65 bits per heavy atom. The summed E-state index contributed by atoms with van der Waals surface area (Å²) in [5.41, 5.74) is 7.67. The van der Waals surface area contributed by atoms with Gasteiger partial charge in [0.2, 0.25) is 0 Å². The molecular weight excluding hydrogens is 260 g/mol. The first-order chi connectivity index (χ1) is 9.56. The first-order valence-corrected chi connectivity index (χ1v) is 6.79. The summed E-state index contributed by atoms with van der Waals surface area (Å²) in [6, 6.07) is 6.19. The standard InChI is InChI=1S/C15H17F2N3/c1-9-6-7-20-12(8-9)19-13(15(20)18)10-2-4-11(5-3-10)14(16)17/h2-5,9,14H,6-8,18H2,1H3. The predicted molar refractivity (Wildman–Crippen MR) is 74.5 cm³/mol. The number of alkyl halides is 2. The SMILES string of the molecule is CC1CCn2c(nc(-c3ccc(C(F)F)cc3)c2N)C1. The molecule has 0 radical (unpaired) electrons. The molecule has 1 aliphatic heterocycles. The second kappa shape index (κ2) is 4.89. The van der Waals surface area contributed by atoms with Gasteiger partial charge in [-0.3, -0.25) is 0 Å². The van der Waals surface area contributed by atoms with Gasteiger partial charge in [0.25, 0.3) is 6.43 Å². The molecule has 0 spiro atoms. The summed E-state index contributed by atoms with van der Waals surface area (Å²) in [6.45, 7) is 3.08. The Kier molecular flexibility index (Phi) is 3.20. The molecule has 2 heterocycles. The Labute approximate surface area is 116 Å². The van der Waals surface area contributed by atoms with Crippen LogP contribution in [0.3, 0.4) is 0 Å². The van der Waals surface area contributed by atoms with E-state index in [0.29, 0.717) is 17.4 Å². The minimum Gasteiger partial charge on any atom is -0.383 e. The Balaban J connectivity index is 1.98. The fraction of sp³-hybridized carbons (Fsp3) is 0.400. The van der Waals surface area contributed by atoms with E-state index in [2.05, 4.69) is 11.9 Å². The zero-order valence-corrected chi connectivity index (χ0v) is 11.3. The Morgan fingerprint density at radius 2 is 2.00 bits per heavy atom. The second-order valence-corrected chi connectivity index (χ2v) is 5.43. The molecule has 0 amide bonds. The molecule has 0 fully saturated rings. The van der Waals surface area contributed by atoms with Crippen LogP contribution in [0.4, 0.5) is 14.6 Å². The number of nitrogens with zero attached hydrogens (tertiary/aromatic N) is 2. The molecule has 2 aromatic rings. The number of imidazole rings is 1. The summed E-state index contributed by atoms with van der Waals surface area (Å²) in [5, 5.41) is 0. The lowest BCUT2D eigenvalue weighted by atomic mass is 10.0. The maximum absolute atomic E-state index is 12.6. The normalized spacial score (nSPS) is 18.3. The predicted octanol–water partition coefficient (Wildman–Crippen LogP) is 3.65. The maximum atomic E-state index is 12.6. The molecule has 1 aromatic carbocycles. The molecule has 0 aliphatic carbocycles. The highest BCUT2D eigenvalue weighted by molar-refractivity contribution is 5.71. The summed E-state index contributed by atoms with van der Waals surface area (Å²) in [7, 11) is 0. The van der Waals surface area contributed by atoms with Crippen LogP contribution in [0, 0.1) is 5.92 Å². The van der Waals surface area contributed by atoms with E-state index in [1.54, 1.807) is 12.1 Å². The molecule has 1 atom stereocenters. The van der Waals surface area contributed by atoms with Crippen LogP contribution in [0.5, 0.6) is 0 Å². The number of aromatic nitrogens is 2. The average molecular weight is 277 g/mol. The van der Waals surface area contributed by atoms with Crippen LogP contribution < -0.4 is 5.73 Å². The molecule has 106 valence electrons. The number of hydrogen-bond donors (Lipinski definition) is 1. The Bertz CT molecular complexity index is 617. The molecule has 0 bridgehead atoms. The van der Waals surface area contributed by atoms with Gasteiger partial charge in [0.1, 0.15) is 17.3 Å². The summed E-state index contributed by atoms with van der Waals surface area (Å²) in [5.74, 6) is 2.24. The summed E-state index contributed by atoms with van der Waals surface area (Å²) in [6.07, 6.45) is -0.436. The van der Waals surface area contributed by atoms with Crippen molar-refractivity contribution in [2.75, 3.05) is 5.73 Å². The van der Waals surface area contributed by atoms with Crippen molar-refractivity contribution in [3.63, 3.8) is 0 Å². The van der Waals surface area contributed by atoms with Gasteiger partial charge in [0.15, 0.2) is 0 Å². The van der Waals surface area contributed by atoms with Gasteiger partial charge in [0, 0.05) is 24.1 Å². The topological polar surface area (TPSA) is 43.8 Å². The molecule has 0 saturated heterocycles. The van der Waals surface area contributed by atoms with Crippen LogP contribution in [-0.4, -0.2) is 9.55 Å². The summed E-state index contributed by atoms with van der Waals surface area (Å²) in [4.78, 5) is 4.60. The van der Waals surface area contributed by atoms with Gasteiger partial charge in [-0.25, -0.2) is 13.8 Å². The monoisotopic (exact) mass is 277 g/mol. The quantitative estimate of drug-likeness (QED) is 0.910. The van der Waals surface area contributed by atoms with Gasteiger partial charge in [0.05, 0.1) is 0 Å². The van der Waals surface area contributed by atoms with Gasteiger partial charge in [-0.15, -0.1) is 0 Å². The molecule has 3 nitrogen and oxygen atoms in total. The second-order valence-electron chi connectivity index (χ2n) is 5.43. The van der Waals surface area contributed by atoms with E-state index < -0.39 is 6.43 Å². The van der Waals surface area contributed by atoms with Crippen molar-refractivity contribution >= 4 is 5.82 Å². The van der Waals surface area contributed by atoms with E-state index in [1.165, 1.54) is 12.1 Å². The molecule has 20 heavy (non-hydrogen) atoms. The van der Waals surface area contributed by atoms with Crippen molar-refractivity contribution in [2.45, 2.75) is 32.7 Å². The van der Waals surface area contributed by atoms with Crippen molar-refractivity contribution in [2.24, 2.45) is 5.92 Å². The van der Waals surface area contributed by atoms with Crippen molar-refractivity contribution < 1.29 is 8.78 Å². The van der Waals surface area contributed by atoms with Crippen LogP contribution in [0.15, 0.2) is 24.3 Å². The van der Waals surface area contributed by atoms with Crippen LogP contribution >= 0.6 is 0 Å². The molecule has 2 N–H and O–H groups in total. The smallest absolute Gasteiger partial charge is 0.263 e.